The highest BCUT2D eigenvalue weighted by Crippen LogP contribution is 2.39. The van der Waals surface area contributed by atoms with Crippen LogP contribution in [0, 0.1) is 17.0 Å². The van der Waals surface area contributed by atoms with E-state index >= 15 is 0 Å². The summed E-state index contributed by atoms with van der Waals surface area (Å²) in [5.74, 6) is 0.380. The standard InChI is InChI=1S/C21H12Cl2N2O4S2/c1-11-2-5-14(17(8-11)25(27)28)18-7-4-13(29-18)10-19-20(26)24(21(30)31-19)12-3-6-15(22)16(23)9-12/h2-10H,1H3/b19-10-. The number of benzene rings is 2. The van der Waals surface area contributed by atoms with Crippen LogP contribution in [0.15, 0.2) is 57.9 Å². The molecule has 2 aromatic carbocycles. The van der Waals surface area contributed by atoms with Crippen molar-refractivity contribution in [1.82, 2.24) is 0 Å². The molecule has 0 aliphatic carbocycles. The highest BCUT2D eigenvalue weighted by molar-refractivity contribution is 8.27. The number of carbonyl (C=O) groups excluding carboxylic acids is 1. The Morgan fingerprint density at radius 3 is 2.61 bits per heavy atom. The van der Waals surface area contributed by atoms with E-state index in [-0.39, 0.29) is 11.6 Å². The van der Waals surface area contributed by atoms with Crippen LogP contribution in [-0.2, 0) is 4.79 Å². The third-order valence-corrected chi connectivity index (χ3v) is 6.51. The number of nitrogens with zero attached hydrogens (tertiary/aromatic N) is 2. The highest BCUT2D eigenvalue weighted by Gasteiger charge is 2.34. The Morgan fingerprint density at radius 2 is 1.90 bits per heavy atom. The fourth-order valence-electron chi connectivity index (χ4n) is 3.02. The van der Waals surface area contributed by atoms with Gasteiger partial charge in [-0.3, -0.25) is 19.8 Å². The lowest BCUT2D eigenvalue weighted by molar-refractivity contribution is -0.384. The van der Waals surface area contributed by atoms with E-state index in [9.17, 15) is 14.9 Å². The molecule has 3 aromatic rings. The van der Waals surface area contributed by atoms with Crippen molar-refractivity contribution in [3.63, 3.8) is 0 Å². The number of rotatable bonds is 4. The van der Waals surface area contributed by atoms with E-state index in [4.69, 9.17) is 39.8 Å². The molecule has 31 heavy (non-hydrogen) atoms. The zero-order chi connectivity index (χ0) is 22.3. The first kappa shape index (κ1) is 21.6. The first-order valence-corrected chi connectivity index (χ1v) is 10.8. The van der Waals surface area contributed by atoms with Crippen LogP contribution >= 0.6 is 47.2 Å². The SMILES string of the molecule is Cc1ccc(-c2ccc(/C=C3\SC(=S)N(c4ccc(Cl)c(Cl)c4)C3=O)o2)c([N+](=O)[O-])c1. The molecular weight excluding hydrogens is 479 g/mol. The zero-order valence-electron chi connectivity index (χ0n) is 15.8. The molecule has 1 aromatic heterocycles. The lowest BCUT2D eigenvalue weighted by Gasteiger charge is -2.15. The Hall–Kier alpha value is -2.65. The predicted molar refractivity (Wildman–Crippen MR) is 128 cm³/mol. The van der Waals surface area contributed by atoms with Gasteiger partial charge >= 0.3 is 0 Å². The van der Waals surface area contributed by atoms with Crippen molar-refractivity contribution in [3.8, 4) is 11.3 Å². The maximum Gasteiger partial charge on any atom is 0.280 e. The number of thiocarbonyl (C=S) groups is 1. The van der Waals surface area contributed by atoms with Gasteiger partial charge in [0.1, 0.15) is 11.5 Å². The number of halogens is 2. The minimum Gasteiger partial charge on any atom is -0.456 e. The molecule has 0 atom stereocenters. The van der Waals surface area contributed by atoms with Crippen LogP contribution < -0.4 is 4.90 Å². The van der Waals surface area contributed by atoms with Crippen LogP contribution in [0.3, 0.4) is 0 Å². The van der Waals surface area contributed by atoms with Crippen LogP contribution in [0.5, 0.6) is 0 Å². The summed E-state index contributed by atoms with van der Waals surface area (Å²) in [5.41, 5.74) is 1.59. The summed E-state index contributed by atoms with van der Waals surface area (Å²) in [5, 5.41) is 12.1. The summed E-state index contributed by atoms with van der Waals surface area (Å²) in [4.78, 5) is 25.6. The summed E-state index contributed by atoms with van der Waals surface area (Å²) in [7, 11) is 0. The van der Waals surface area contributed by atoms with Crippen LogP contribution in [0.1, 0.15) is 11.3 Å². The Bertz CT molecular complexity index is 1290. The number of nitro groups is 1. The van der Waals surface area contributed by atoms with Gasteiger partial charge in [0.2, 0.25) is 0 Å². The number of hydrogen-bond acceptors (Lipinski definition) is 6. The summed E-state index contributed by atoms with van der Waals surface area (Å²) in [6.45, 7) is 1.78. The topological polar surface area (TPSA) is 76.6 Å². The normalized spacial score (nSPS) is 15.2. The van der Waals surface area contributed by atoms with Gasteiger partial charge in [-0.1, -0.05) is 53.2 Å². The number of thioether (sulfide) groups is 1. The van der Waals surface area contributed by atoms with Crippen molar-refractivity contribution in [1.29, 1.82) is 0 Å². The average Bonchev–Trinajstić information content (AvgIpc) is 3.28. The van der Waals surface area contributed by atoms with E-state index < -0.39 is 4.92 Å². The number of anilines is 1. The van der Waals surface area contributed by atoms with Gasteiger partial charge in [0.05, 0.1) is 31.1 Å². The average molecular weight is 491 g/mol. The Kier molecular flexibility index (Phi) is 5.90. The quantitative estimate of drug-likeness (QED) is 0.172. The summed E-state index contributed by atoms with van der Waals surface area (Å²) < 4.78 is 6.12. The molecule has 0 radical (unpaired) electrons. The lowest BCUT2D eigenvalue weighted by atomic mass is 10.1. The molecule has 0 spiro atoms. The fourth-order valence-corrected chi connectivity index (χ4v) is 4.59. The van der Waals surface area contributed by atoms with Gasteiger partial charge in [0.25, 0.3) is 11.6 Å². The number of aryl methyl sites for hydroxylation is 1. The van der Waals surface area contributed by atoms with Gasteiger partial charge in [0.15, 0.2) is 4.32 Å². The van der Waals surface area contributed by atoms with Crippen molar-refractivity contribution in [2.45, 2.75) is 6.92 Å². The first-order chi connectivity index (χ1) is 14.7. The Labute approximate surface area is 196 Å². The number of amides is 1. The molecule has 1 aliphatic rings. The predicted octanol–water partition coefficient (Wildman–Crippen LogP) is 6.88. The maximum absolute atomic E-state index is 12.9. The molecule has 10 heteroatoms. The second-order valence-corrected chi connectivity index (χ2v) is 9.09. The van der Waals surface area contributed by atoms with Gasteiger partial charge in [0, 0.05) is 12.1 Å². The number of carbonyl (C=O) groups is 1. The molecule has 4 rings (SSSR count). The van der Waals surface area contributed by atoms with Crippen molar-refractivity contribution in [2.24, 2.45) is 0 Å². The van der Waals surface area contributed by atoms with Crippen LogP contribution in [0.4, 0.5) is 11.4 Å². The van der Waals surface area contributed by atoms with Gasteiger partial charge < -0.3 is 4.42 Å². The van der Waals surface area contributed by atoms with Crippen LogP contribution in [-0.4, -0.2) is 15.2 Å². The molecule has 1 fully saturated rings. The number of hydrogen-bond donors (Lipinski definition) is 0. The summed E-state index contributed by atoms with van der Waals surface area (Å²) in [6.07, 6.45) is 1.56. The third kappa shape index (κ3) is 4.24. The van der Waals surface area contributed by atoms with Gasteiger partial charge in [-0.05, 0) is 48.9 Å². The van der Waals surface area contributed by atoms with E-state index in [0.717, 1.165) is 17.3 Å². The monoisotopic (exact) mass is 490 g/mol. The van der Waals surface area contributed by atoms with Gasteiger partial charge in [-0.25, -0.2) is 0 Å². The largest absolute Gasteiger partial charge is 0.456 e. The van der Waals surface area contributed by atoms with E-state index in [2.05, 4.69) is 0 Å². The van der Waals surface area contributed by atoms with Crippen molar-refractivity contribution >= 4 is 74.9 Å². The molecule has 1 amide bonds. The molecule has 0 N–H and O–H groups in total. The van der Waals surface area contributed by atoms with Crippen LogP contribution in [0.25, 0.3) is 17.4 Å². The molecule has 2 heterocycles. The first-order valence-electron chi connectivity index (χ1n) is 8.83. The minimum atomic E-state index is -0.451. The van der Waals surface area contributed by atoms with E-state index in [1.807, 2.05) is 0 Å². The van der Waals surface area contributed by atoms with Crippen molar-refractivity contribution < 1.29 is 14.1 Å². The molecule has 0 unspecified atom stereocenters. The second-order valence-electron chi connectivity index (χ2n) is 6.60. The molecule has 0 saturated carbocycles. The lowest BCUT2D eigenvalue weighted by Crippen LogP contribution is -2.27. The minimum absolute atomic E-state index is 0.0492. The van der Waals surface area contributed by atoms with Crippen molar-refractivity contribution in [3.05, 3.63) is 84.9 Å². The Balaban J connectivity index is 1.64. The van der Waals surface area contributed by atoms with Gasteiger partial charge in [-0.15, -0.1) is 0 Å². The smallest absolute Gasteiger partial charge is 0.280 e. The molecular formula is C21H12Cl2N2O4S2. The number of nitro benzene ring substituents is 1. The van der Waals surface area contributed by atoms with Crippen molar-refractivity contribution in [2.75, 3.05) is 4.90 Å². The summed E-state index contributed by atoms with van der Waals surface area (Å²) >= 11 is 18.5. The molecule has 6 nitrogen and oxygen atoms in total. The number of furan rings is 1. The second kappa shape index (κ2) is 8.47. The molecule has 1 saturated heterocycles. The molecule has 1 aliphatic heterocycles. The Morgan fingerprint density at radius 1 is 1.13 bits per heavy atom. The van der Waals surface area contributed by atoms with Crippen LogP contribution in [0.2, 0.25) is 10.0 Å². The molecule has 0 bridgehead atoms. The maximum atomic E-state index is 12.9. The fraction of sp³-hybridized carbons (Fsp3) is 0.0476. The van der Waals surface area contributed by atoms with E-state index in [1.165, 1.54) is 11.0 Å². The van der Waals surface area contributed by atoms with E-state index in [0.29, 0.717) is 42.0 Å². The zero-order valence-corrected chi connectivity index (χ0v) is 18.9. The van der Waals surface area contributed by atoms with E-state index in [1.54, 1.807) is 55.5 Å². The van der Waals surface area contributed by atoms with Gasteiger partial charge in [-0.2, -0.15) is 0 Å². The molecule has 156 valence electrons. The summed E-state index contributed by atoms with van der Waals surface area (Å²) in [6, 6.07) is 13.0. The highest BCUT2D eigenvalue weighted by atomic mass is 35.5. The third-order valence-electron chi connectivity index (χ3n) is 4.47.